The first-order chi connectivity index (χ1) is 15.4. The monoisotopic (exact) mass is 450 g/mol. The summed E-state index contributed by atoms with van der Waals surface area (Å²) in [6.45, 7) is 1.46. The summed E-state index contributed by atoms with van der Waals surface area (Å²) in [6.07, 6.45) is 4.82. The van der Waals surface area contributed by atoms with E-state index in [1.54, 1.807) is 36.7 Å². The summed E-state index contributed by atoms with van der Waals surface area (Å²) in [4.78, 5) is 32.4. The summed E-state index contributed by atoms with van der Waals surface area (Å²) in [5.74, 6) is -1.15. The molecule has 32 heavy (non-hydrogen) atoms. The number of hydrogen-bond donors (Lipinski definition) is 3. The van der Waals surface area contributed by atoms with Gasteiger partial charge in [-0.05, 0) is 61.4 Å². The Morgan fingerprint density at radius 2 is 1.69 bits per heavy atom. The van der Waals surface area contributed by atoms with Crippen LogP contribution < -0.4 is 16.0 Å². The van der Waals surface area contributed by atoms with Crippen molar-refractivity contribution >= 4 is 40.4 Å². The first-order valence-corrected chi connectivity index (χ1v) is 10.7. The lowest BCUT2D eigenvalue weighted by Gasteiger charge is -2.33. The summed E-state index contributed by atoms with van der Waals surface area (Å²) >= 11 is 5.91. The second-order valence-electron chi connectivity index (χ2n) is 7.72. The molecule has 7 nitrogen and oxygen atoms in total. The van der Waals surface area contributed by atoms with Gasteiger partial charge in [-0.2, -0.15) is 0 Å². The van der Waals surface area contributed by atoms with Crippen LogP contribution in [0.4, 0.5) is 17.1 Å². The van der Waals surface area contributed by atoms with Gasteiger partial charge in [-0.1, -0.05) is 11.6 Å². The van der Waals surface area contributed by atoms with Gasteiger partial charge >= 0.3 is 0 Å². The zero-order chi connectivity index (χ0) is 22.7. The van der Waals surface area contributed by atoms with Gasteiger partial charge in [-0.3, -0.25) is 14.6 Å². The molecule has 164 valence electrons. The van der Waals surface area contributed by atoms with Gasteiger partial charge in [0.25, 0.3) is 0 Å². The van der Waals surface area contributed by atoms with E-state index in [2.05, 4.69) is 15.2 Å². The predicted molar refractivity (Wildman–Crippen MR) is 125 cm³/mol. The summed E-state index contributed by atoms with van der Waals surface area (Å²) in [6, 6.07) is 13.0. The minimum absolute atomic E-state index is 0.0325. The van der Waals surface area contributed by atoms with Gasteiger partial charge in [-0.15, -0.1) is 0 Å². The van der Waals surface area contributed by atoms with Crippen molar-refractivity contribution in [2.45, 2.75) is 12.8 Å². The fourth-order valence-electron chi connectivity index (χ4n) is 3.90. The van der Waals surface area contributed by atoms with E-state index < -0.39 is 5.78 Å². The zero-order valence-electron chi connectivity index (χ0n) is 17.3. The SMILES string of the molecule is Nc1ccc(O)c(C(=O)c2ccc(Cl)cc2)c1NC(=O)C1CCN(c2ccncc2)CC1. The number of amides is 1. The van der Waals surface area contributed by atoms with Crippen molar-refractivity contribution in [2.75, 3.05) is 29.0 Å². The van der Waals surface area contributed by atoms with E-state index in [9.17, 15) is 14.7 Å². The Hall–Kier alpha value is -3.58. The third kappa shape index (κ3) is 4.53. The van der Waals surface area contributed by atoms with E-state index >= 15 is 0 Å². The van der Waals surface area contributed by atoms with Crippen LogP contribution in [-0.2, 0) is 4.79 Å². The normalized spacial score (nSPS) is 14.2. The fourth-order valence-corrected chi connectivity index (χ4v) is 4.02. The summed E-state index contributed by atoms with van der Waals surface area (Å²) in [5, 5.41) is 13.7. The number of nitrogens with one attached hydrogen (secondary N) is 1. The van der Waals surface area contributed by atoms with E-state index in [0.717, 1.165) is 18.8 Å². The number of aromatic hydroxyl groups is 1. The van der Waals surface area contributed by atoms with Gasteiger partial charge < -0.3 is 21.1 Å². The van der Waals surface area contributed by atoms with Crippen LogP contribution in [0.1, 0.15) is 28.8 Å². The Balaban J connectivity index is 1.52. The summed E-state index contributed by atoms with van der Waals surface area (Å²) < 4.78 is 0. The number of halogens is 1. The molecule has 0 saturated carbocycles. The number of nitrogens with zero attached hydrogens (tertiary/aromatic N) is 2. The largest absolute Gasteiger partial charge is 0.507 e. The van der Waals surface area contributed by atoms with Crippen LogP contribution in [0.5, 0.6) is 5.75 Å². The third-order valence-corrected chi connectivity index (χ3v) is 5.94. The quantitative estimate of drug-likeness (QED) is 0.306. The number of anilines is 3. The van der Waals surface area contributed by atoms with Gasteiger partial charge in [0.15, 0.2) is 5.78 Å². The van der Waals surface area contributed by atoms with Crippen LogP contribution >= 0.6 is 11.6 Å². The number of aromatic nitrogens is 1. The zero-order valence-corrected chi connectivity index (χ0v) is 18.0. The number of nitrogens with two attached hydrogens (primary N) is 1. The van der Waals surface area contributed by atoms with Gasteiger partial charge in [0.05, 0.1) is 16.9 Å². The van der Waals surface area contributed by atoms with Crippen molar-refractivity contribution in [3.63, 3.8) is 0 Å². The molecule has 1 saturated heterocycles. The number of phenols is 1. The molecule has 4 rings (SSSR count). The molecule has 2 heterocycles. The standard InChI is InChI=1S/C24H23ClN4O3/c25-17-3-1-15(2-4-17)23(31)21-20(30)6-5-19(26)22(21)28-24(32)16-9-13-29(14-10-16)18-7-11-27-12-8-18/h1-8,11-12,16,30H,9-10,13-14,26H2,(H,28,32). The molecular weight excluding hydrogens is 428 g/mol. The molecule has 0 aliphatic carbocycles. The third-order valence-electron chi connectivity index (χ3n) is 5.69. The number of carbonyl (C=O) groups excluding carboxylic acids is 2. The lowest BCUT2D eigenvalue weighted by atomic mass is 9.94. The molecule has 0 spiro atoms. The van der Waals surface area contributed by atoms with Crippen LogP contribution in [0, 0.1) is 5.92 Å². The van der Waals surface area contributed by atoms with E-state index in [1.165, 1.54) is 12.1 Å². The molecule has 0 unspecified atom stereocenters. The lowest BCUT2D eigenvalue weighted by Crippen LogP contribution is -2.38. The first-order valence-electron chi connectivity index (χ1n) is 10.3. The molecule has 1 amide bonds. The molecule has 1 fully saturated rings. The Morgan fingerprint density at radius 1 is 1.03 bits per heavy atom. The number of ketones is 1. The average Bonchev–Trinajstić information content (AvgIpc) is 2.82. The molecule has 8 heteroatoms. The number of piperidine rings is 1. The topological polar surface area (TPSA) is 109 Å². The minimum atomic E-state index is -0.450. The van der Waals surface area contributed by atoms with E-state index in [4.69, 9.17) is 17.3 Å². The Labute approximate surface area is 190 Å². The summed E-state index contributed by atoms with van der Waals surface area (Å²) in [5.41, 5.74) is 7.81. The molecule has 1 aliphatic rings. The van der Waals surface area contributed by atoms with Gasteiger partial charge in [0, 0.05) is 47.7 Å². The molecule has 0 radical (unpaired) electrons. The number of phenolic OH excluding ortho intramolecular Hbond substituents is 1. The second-order valence-corrected chi connectivity index (χ2v) is 8.15. The summed E-state index contributed by atoms with van der Waals surface area (Å²) in [7, 11) is 0. The molecular formula is C24H23ClN4O3. The number of rotatable bonds is 5. The van der Waals surface area contributed by atoms with Crippen molar-refractivity contribution in [3.05, 3.63) is 77.1 Å². The minimum Gasteiger partial charge on any atom is -0.507 e. The van der Waals surface area contributed by atoms with Crippen molar-refractivity contribution in [2.24, 2.45) is 5.92 Å². The highest BCUT2D eigenvalue weighted by Gasteiger charge is 2.28. The average molecular weight is 451 g/mol. The van der Waals surface area contributed by atoms with E-state index in [0.29, 0.717) is 23.4 Å². The Morgan fingerprint density at radius 3 is 2.34 bits per heavy atom. The van der Waals surface area contributed by atoms with Crippen molar-refractivity contribution in [1.29, 1.82) is 0 Å². The van der Waals surface area contributed by atoms with Crippen molar-refractivity contribution in [1.82, 2.24) is 4.98 Å². The Kier molecular flexibility index (Phi) is 6.28. The van der Waals surface area contributed by atoms with Crippen LogP contribution in [0.15, 0.2) is 60.9 Å². The molecule has 1 aromatic heterocycles. The molecule has 0 bridgehead atoms. The maximum Gasteiger partial charge on any atom is 0.227 e. The number of hydrogen-bond acceptors (Lipinski definition) is 6. The highest BCUT2D eigenvalue weighted by Crippen LogP contribution is 2.34. The smallest absolute Gasteiger partial charge is 0.227 e. The van der Waals surface area contributed by atoms with Crippen molar-refractivity contribution < 1.29 is 14.7 Å². The lowest BCUT2D eigenvalue weighted by molar-refractivity contribution is -0.120. The maximum atomic E-state index is 13.1. The van der Waals surface area contributed by atoms with Gasteiger partial charge in [-0.25, -0.2) is 0 Å². The Bertz CT molecular complexity index is 1130. The van der Waals surface area contributed by atoms with Crippen LogP contribution in [-0.4, -0.2) is 34.9 Å². The number of benzene rings is 2. The predicted octanol–water partition coefficient (Wildman–Crippen LogP) is 4.11. The molecule has 4 N–H and O–H groups in total. The van der Waals surface area contributed by atoms with Crippen LogP contribution in [0.25, 0.3) is 0 Å². The maximum absolute atomic E-state index is 13.1. The highest BCUT2D eigenvalue weighted by molar-refractivity contribution is 6.30. The molecule has 1 aliphatic heterocycles. The van der Waals surface area contributed by atoms with Crippen molar-refractivity contribution in [3.8, 4) is 5.75 Å². The number of carbonyl (C=O) groups is 2. The highest BCUT2D eigenvalue weighted by atomic mass is 35.5. The van der Waals surface area contributed by atoms with Crippen LogP contribution in [0.2, 0.25) is 5.02 Å². The van der Waals surface area contributed by atoms with Gasteiger partial charge in [0.1, 0.15) is 5.75 Å². The first kappa shape index (κ1) is 21.6. The number of pyridine rings is 1. The van der Waals surface area contributed by atoms with Crippen LogP contribution in [0.3, 0.4) is 0 Å². The van der Waals surface area contributed by atoms with E-state index in [-0.39, 0.29) is 34.5 Å². The number of nitrogen functional groups attached to an aromatic ring is 1. The second kappa shape index (κ2) is 9.28. The molecule has 3 aromatic rings. The molecule has 0 atom stereocenters. The molecule has 2 aromatic carbocycles. The fraction of sp³-hybridized carbons (Fsp3) is 0.208. The van der Waals surface area contributed by atoms with Gasteiger partial charge in [0.2, 0.25) is 5.91 Å². The van der Waals surface area contributed by atoms with E-state index in [1.807, 2.05) is 12.1 Å².